The molecule has 2 nitrogen and oxygen atoms in total. The average molecular weight is 261 g/mol. The van der Waals surface area contributed by atoms with E-state index in [1.807, 2.05) is 60.7 Å². The minimum atomic E-state index is -0.396. The molecular formula is C18H15NO. The van der Waals surface area contributed by atoms with Crippen molar-refractivity contribution in [2.24, 2.45) is 5.16 Å². The molecule has 0 radical (unpaired) electrons. The number of benzene rings is 2. The molecule has 0 bridgehead atoms. The fourth-order valence-corrected chi connectivity index (χ4v) is 1.61. The summed E-state index contributed by atoms with van der Waals surface area (Å²) in [7, 11) is 0. The largest absolute Gasteiger partial charge is 0.374 e. The molecule has 0 aliphatic rings. The highest BCUT2D eigenvalue weighted by Crippen LogP contribution is 2.16. The molecule has 0 aromatic heterocycles. The second kappa shape index (κ2) is 7.60. The highest BCUT2D eigenvalue weighted by atomic mass is 16.6. The zero-order chi connectivity index (χ0) is 14.0. The summed E-state index contributed by atoms with van der Waals surface area (Å²) in [6.07, 6.45) is 2.67. The number of nitrogens with zero attached hydrogens (tertiary/aromatic N) is 1. The van der Waals surface area contributed by atoms with Crippen LogP contribution in [-0.2, 0) is 4.84 Å². The molecule has 0 aliphatic carbocycles. The molecule has 0 fully saturated rings. The lowest BCUT2D eigenvalue weighted by molar-refractivity contribution is 0.101. The van der Waals surface area contributed by atoms with Gasteiger partial charge in [-0.25, -0.2) is 0 Å². The van der Waals surface area contributed by atoms with E-state index in [0.717, 1.165) is 11.1 Å². The summed E-state index contributed by atoms with van der Waals surface area (Å²) in [6.45, 7) is 3.56. The van der Waals surface area contributed by atoms with Gasteiger partial charge in [-0.15, -0.1) is 0 Å². The fraction of sp³-hybridized carbons (Fsp3) is 0.0556. The van der Waals surface area contributed by atoms with Crippen LogP contribution in [0.4, 0.5) is 0 Å². The van der Waals surface area contributed by atoms with E-state index in [4.69, 9.17) is 4.84 Å². The fourth-order valence-electron chi connectivity index (χ4n) is 1.61. The standard InChI is InChI=1S/C18H15NO/c1-2-15-19-20-18(17-11-7-4-8-12-17)14-13-16-9-5-3-6-10-16/h2-12,15,18H,1H2/b19-15-. The summed E-state index contributed by atoms with van der Waals surface area (Å²) < 4.78 is 0. The van der Waals surface area contributed by atoms with Crippen molar-refractivity contribution in [2.45, 2.75) is 6.10 Å². The predicted molar refractivity (Wildman–Crippen MR) is 82.3 cm³/mol. The molecule has 2 aromatic carbocycles. The maximum Gasteiger partial charge on any atom is 0.213 e. The van der Waals surface area contributed by atoms with Gasteiger partial charge in [0.1, 0.15) is 0 Å². The first-order valence-corrected chi connectivity index (χ1v) is 6.32. The number of oxime groups is 1. The SMILES string of the molecule is C=C/C=N\OC(C#Cc1ccccc1)c1ccccc1. The molecule has 1 atom stereocenters. The first kappa shape index (κ1) is 13.6. The third kappa shape index (κ3) is 4.15. The van der Waals surface area contributed by atoms with Crippen LogP contribution in [0.2, 0.25) is 0 Å². The number of rotatable bonds is 4. The number of hydrogen-bond donors (Lipinski definition) is 0. The van der Waals surface area contributed by atoms with Gasteiger partial charge >= 0.3 is 0 Å². The molecule has 0 spiro atoms. The lowest BCUT2D eigenvalue weighted by Crippen LogP contribution is -1.97. The Bertz CT molecular complexity index is 621. The molecule has 0 amide bonds. The lowest BCUT2D eigenvalue weighted by atomic mass is 10.1. The molecular weight excluding hydrogens is 246 g/mol. The van der Waals surface area contributed by atoms with Crippen molar-refractivity contribution < 1.29 is 4.84 Å². The zero-order valence-corrected chi connectivity index (χ0v) is 11.1. The first-order valence-electron chi connectivity index (χ1n) is 6.32. The summed E-state index contributed by atoms with van der Waals surface area (Å²) in [5.41, 5.74) is 1.92. The molecule has 98 valence electrons. The van der Waals surface area contributed by atoms with Crippen LogP contribution in [0, 0.1) is 11.8 Å². The van der Waals surface area contributed by atoms with E-state index in [0.29, 0.717) is 0 Å². The molecule has 0 saturated carbocycles. The second-order valence-corrected chi connectivity index (χ2v) is 4.02. The quantitative estimate of drug-likeness (QED) is 0.463. The van der Waals surface area contributed by atoms with Crippen LogP contribution in [0.1, 0.15) is 17.2 Å². The molecule has 1 unspecified atom stereocenters. The van der Waals surface area contributed by atoms with Gasteiger partial charge in [0.15, 0.2) is 0 Å². The first-order chi connectivity index (χ1) is 9.90. The molecule has 0 saturated heterocycles. The Labute approximate surface area is 119 Å². The van der Waals surface area contributed by atoms with E-state index in [2.05, 4.69) is 23.6 Å². The van der Waals surface area contributed by atoms with Gasteiger partial charge < -0.3 is 4.84 Å². The van der Waals surface area contributed by atoms with Crippen LogP contribution in [0.25, 0.3) is 0 Å². The van der Waals surface area contributed by atoms with Crippen LogP contribution >= 0.6 is 0 Å². The molecule has 0 heterocycles. The Kier molecular flexibility index (Phi) is 5.18. The summed E-state index contributed by atoms with van der Waals surface area (Å²) >= 11 is 0. The van der Waals surface area contributed by atoms with Crippen molar-refractivity contribution in [1.82, 2.24) is 0 Å². The van der Waals surface area contributed by atoms with Crippen molar-refractivity contribution >= 4 is 6.21 Å². The molecule has 0 aliphatic heterocycles. The van der Waals surface area contributed by atoms with E-state index in [9.17, 15) is 0 Å². The van der Waals surface area contributed by atoms with Crippen LogP contribution in [0.5, 0.6) is 0 Å². The zero-order valence-electron chi connectivity index (χ0n) is 11.1. The van der Waals surface area contributed by atoms with E-state index in [1.165, 1.54) is 6.21 Å². The van der Waals surface area contributed by atoms with Crippen molar-refractivity contribution in [3.8, 4) is 11.8 Å². The van der Waals surface area contributed by atoms with Crippen LogP contribution in [-0.4, -0.2) is 6.21 Å². The van der Waals surface area contributed by atoms with E-state index < -0.39 is 6.10 Å². The van der Waals surface area contributed by atoms with Gasteiger partial charge in [0.25, 0.3) is 0 Å². The topological polar surface area (TPSA) is 21.6 Å². The van der Waals surface area contributed by atoms with Gasteiger partial charge in [0.2, 0.25) is 6.10 Å². The van der Waals surface area contributed by atoms with Gasteiger partial charge in [0.05, 0.1) is 6.21 Å². The maximum atomic E-state index is 5.41. The summed E-state index contributed by atoms with van der Waals surface area (Å²) in [5, 5.41) is 3.83. The van der Waals surface area contributed by atoms with Crippen molar-refractivity contribution in [2.75, 3.05) is 0 Å². The normalized spacial score (nSPS) is 11.4. The molecule has 20 heavy (non-hydrogen) atoms. The van der Waals surface area contributed by atoms with Gasteiger partial charge in [-0.05, 0) is 24.1 Å². The molecule has 2 rings (SSSR count). The maximum absolute atomic E-state index is 5.41. The minimum absolute atomic E-state index is 0.396. The summed E-state index contributed by atoms with van der Waals surface area (Å²) in [5.74, 6) is 6.19. The van der Waals surface area contributed by atoms with Gasteiger partial charge in [-0.2, -0.15) is 0 Å². The van der Waals surface area contributed by atoms with Gasteiger partial charge in [-0.3, -0.25) is 0 Å². The van der Waals surface area contributed by atoms with E-state index in [1.54, 1.807) is 6.08 Å². The van der Waals surface area contributed by atoms with Gasteiger partial charge in [0, 0.05) is 11.1 Å². The number of allylic oxidation sites excluding steroid dienone is 1. The lowest BCUT2D eigenvalue weighted by Gasteiger charge is -2.08. The highest BCUT2D eigenvalue weighted by Gasteiger charge is 2.08. The Balaban J connectivity index is 2.21. The van der Waals surface area contributed by atoms with Crippen molar-refractivity contribution in [1.29, 1.82) is 0 Å². The monoisotopic (exact) mass is 261 g/mol. The summed E-state index contributed by atoms with van der Waals surface area (Å²) in [6, 6.07) is 19.6. The van der Waals surface area contributed by atoms with Crippen molar-refractivity contribution in [3.05, 3.63) is 84.4 Å². The third-order valence-corrected chi connectivity index (χ3v) is 2.56. The third-order valence-electron chi connectivity index (χ3n) is 2.56. The Morgan fingerprint density at radius 3 is 2.30 bits per heavy atom. The van der Waals surface area contributed by atoms with Crippen LogP contribution < -0.4 is 0 Å². The summed E-state index contributed by atoms with van der Waals surface area (Å²) in [4.78, 5) is 5.41. The highest BCUT2D eigenvalue weighted by molar-refractivity contribution is 5.69. The predicted octanol–water partition coefficient (Wildman–Crippen LogP) is 3.97. The van der Waals surface area contributed by atoms with Gasteiger partial charge in [-0.1, -0.05) is 66.2 Å². The Morgan fingerprint density at radius 2 is 1.65 bits per heavy atom. The number of hydrogen-bond acceptors (Lipinski definition) is 2. The molecule has 0 N–H and O–H groups in total. The van der Waals surface area contributed by atoms with Crippen LogP contribution in [0.15, 0.2) is 78.5 Å². The van der Waals surface area contributed by atoms with E-state index in [-0.39, 0.29) is 0 Å². The molecule has 2 aromatic rings. The Morgan fingerprint density at radius 1 is 1.00 bits per heavy atom. The second-order valence-electron chi connectivity index (χ2n) is 4.02. The van der Waals surface area contributed by atoms with Crippen LogP contribution in [0.3, 0.4) is 0 Å². The smallest absolute Gasteiger partial charge is 0.213 e. The Hall–Kier alpha value is -2.79. The average Bonchev–Trinajstić information content (AvgIpc) is 2.52. The van der Waals surface area contributed by atoms with E-state index >= 15 is 0 Å². The van der Waals surface area contributed by atoms with Crippen molar-refractivity contribution in [3.63, 3.8) is 0 Å². The molecule has 2 heteroatoms. The minimum Gasteiger partial charge on any atom is -0.374 e.